The van der Waals surface area contributed by atoms with Crippen molar-refractivity contribution in [1.29, 1.82) is 0 Å². The van der Waals surface area contributed by atoms with E-state index in [-0.39, 0.29) is 17.5 Å². The Balaban J connectivity index is 2.65. The van der Waals surface area contributed by atoms with Gasteiger partial charge in [-0.05, 0) is 46.6 Å². The highest BCUT2D eigenvalue weighted by Crippen LogP contribution is 2.22. The van der Waals surface area contributed by atoms with Crippen molar-refractivity contribution in [3.8, 4) is 0 Å². The number of hydrogen-bond donors (Lipinski definition) is 2. The number of hydrogen-bond acceptors (Lipinski definition) is 3. The molecule has 1 heterocycles. The van der Waals surface area contributed by atoms with Gasteiger partial charge in [0.15, 0.2) is 0 Å². The number of likely N-dealkylation sites (tertiary alicyclic amines) is 1. The smallest absolute Gasteiger partial charge is 0.222 e. The molecule has 0 aliphatic carbocycles. The van der Waals surface area contributed by atoms with E-state index in [1.54, 1.807) is 0 Å². The zero-order valence-electron chi connectivity index (χ0n) is 13.7. The summed E-state index contributed by atoms with van der Waals surface area (Å²) >= 11 is 0. The Morgan fingerprint density at radius 1 is 1.35 bits per heavy atom. The van der Waals surface area contributed by atoms with Crippen LogP contribution in [0.25, 0.3) is 0 Å². The Hall–Kier alpha value is -0.610. The molecule has 0 aromatic heterocycles. The lowest BCUT2D eigenvalue weighted by atomic mass is 10.0. The van der Waals surface area contributed by atoms with E-state index < -0.39 is 0 Å². The minimum atomic E-state index is -0.167. The summed E-state index contributed by atoms with van der Waals surface area (Å²) in [7, 11) is 0. The standard InChI is InChI=1S/C16H33N3O/c1-5-13-9-7-6-8-10-19(13)14(12-17)11-15(20)18-16(2,3)4/h13-14H,5-12,17H2,1-4H3,(H,18,20). The van der Waals surface area contributed by atoms with Gasteiger partial charge in [-0.15, -0.1) is 0 Å². The van der Waals surface area contributed by atoms with Gasteiger partial charge in [0.1, 0.15) is 0 Å². The Labute approximate surface area is 124 Å². The van der Waals surface area contributed by atoms with E-state index in [0.29, 0.717) is 19.0 Å². The fourth-order valence-corrected chi connectivity index (χ4v) is 3.14. The van der Waals surface area contributed by atoms with Crippen molar-refractivity contribution in [3.05, 3.63) is 0 Å². The normalized spacial score (nSPS) is 23.1. The molecule has 1 aliphatic heterocycles. The van der Waals surface area contributed by atoms with Crippen molar-refractivity contribution in [1.82, 2.24) is 10.2 Å². The maximum Gasteiger partial charge on any atom is 0.222 e. The molecule has 118 valence electrons. The van der Waals surface area contributed by atoms with Crippen molar-refractivity contribution in [2.24, 2.45) is 5.73 Å². The lowest BCUT2D eigenvalue weighted by Gasteiger charge is -2.36. The summed E-state index contributed by atoms with van der Waals surface area (Å²) < 4.78 is 0. The summed E-state index contributed by atoms with van der Waals surface area (Å²) in [6.07, 6.45) is 6.75. The number of nitrogens with two attached hydrogens (primary N) is 1. The average molecular weight is 283 g/mol. The average Bonchev–Trinajstić information content (AvgIpc) is 2.58. The summed E-state index contributed by atoms with van der Waals surface area (Å²) in [5.74, 6) is 0.118. The molecule has 2 unspecified atom stereocenters. The van der Waals surface area contributed by atoms with Crippen LogP contribution in [0, 0.1) is 0 Å². The van der Waals surface area contributed by atoms with Crippen LogP contribution < -0.4 is 11.1 Å². The predicted octanol–water partition coefficient (Wildman–Crippen LogP) is 2.27. The van der Waals surface area contributed by atoms with Gasteiger partial charge in [0.25, 0.3) is 0 Å². The Morgan fingerprint density at radius 3 is 2.60 bits per heavy atom. The summed E-state index contributed by atoms with van der Waals surface area (Å²) in [4.78, 5) is 14.7. The van der Waals surface area contributed by atoms with Gasteiger partial charge in [0.05, 0.1) is 0 Å². The number of nitrogens with one attached hydrogen (secondary N) is 1. The molecule has 1 amide bonds. The minimum Gasteiger partial charge on any atom is -0.351 e. The highest BCUT2D eigenvalue weighted by atomic mass is 16.1. The summed E-state index contributed by atoms with van der Waals surface area (Å²) in [6.45, 7) is 9.94. The van der Waals surface area contributed by atoms with Crippen molar-refractivity contribution >= 4 is 5.91 Å². The zero-order valence-corrected chi connectivity index (χ0v) is 13.7. The van der Waals surface area contributed by atoms with E-state index in [2.05, 4.69) is 17.1 Å². The maximum atomic E-state index is 12.2. The van der Waals surface area contributed by atoms with Gasteiger partial charge in [-0.3, -0.25) is 9.69 Å². The summed E-state index contributed by atoms with van der Waals surface area (Å²) in [5.41, 5.74) is 5.79. The van der Waals surface area contributed by atoms with Crippen LogP contribution in [0.1, 0.15) is 66.2 Å². The summed E-state index contributed by atoms with van der Waals surface area (Å²) in [5, 5.41) is 3.05. The third kappa shape index (κ3) is 5.80. The first-order chi connectivity index (χ1) is 9.37. The van der Waals surface area contributed by atoms with E-state index in [9.17, 15) is 4.79 Å². The van der Waals surface area contributed by atoms with E-state index in [1.807, 2.05) is 20.8 Å². The van der Waals surface area contributed by atoms with Crippen LogP contribution >= 0.6 is 0 Å². The van der Waals surface area contributed by atoms with Crippen LogP contribution in [0.5, 0.6) is 0 Å². The number of amides is 1. The molecule has 0 aromatic carbocycles. The molecule has 0 radical (unpaired) electrons. The van der Waals surface area contributed by atoms with E-state index >= 15 is 0 Å². The van der Waals surface area contributed by atoms with Gasteiger partial charge in [0, 0.05) is 30.6 Å². The molecule has 3 N–H and O–H groups in total. The highest BCUT2D eigenvalue weighted by Gasteiger charge is 2.28. The van der Waals surface area contributed by atoms with Crippen LogP contribution in [-0.4, -0.2) is 41.5 Å². The second-order valence-corrected chi connectivity index (χ2v) is 7.04. The van der Waals surface area contributed by atoms with E-state index in [0.717, 1.165) is 13.0 Å². The second kappa shape index (κ2) is 7.99. The van der Waals surface area contributed by atoms with Gasteiger partial charge in [-0.2, -0.15) is 0 Å². The quantitative estimate of drug-likeness (QED) is 0.814. The molecule has 1 aliphatic rings. The van der Waals surface area contributed by atoms with Gasteiger partial charge >= 0.3 is 0 Å². The molecular formula is C16H33N3O. The second-order valence-electron chi connectivity index (χ2n) is 7.04. The van der Waals surface area contributed by atoms with Gasteiger partial charge < -0.3 is 11.1 Å². The van der Waals surface area contributed by atoms with Crippen LogP contribution in [-0.2, 0) is 4.79 Å². The maximum absolute atomic E-state index is 12.2. The molecule has 0 aromatic rings. The largest absolute Gasteiger partial charge is 0.351 e. The molecule has 1 rings (SSSR count). The molecule has 4 nitrogen and oxygen atoms in total. The van der Waals surface area contributed by atoms with Crippen LogP contribution in [0.4, 0.5) is 0 Å². The zero-order chi connectivity index (χ0) is 15.2. The third-order valence-corrected chi connectivity index (χ3v) is 4.07. The summed E-state index contributed by atoms with van der Waals surface area (Å²) in [6, 6.07) is 0.772. The number of carbonyl (C=O) groups is 1. The fourth-order valence-electron chi connectivity index (χ4n) is 3.14. The molecule has 1 saturated heterocycles. The van der Waals surface area contributed by atoms with E-state index in [4.69, 9.17) is 5.73 Å². The van der Waals surface area contributed by atoms with Crippen molar-refractivity contribution in [3.63, 3.8) is 0 Å². The fraction of sp³-hybridized carbons (Fsp3) is 0.938. The highest BCUT2D eigenvalue weighted by molar-refractivity contribution is 5.77. The van der Waals surface area contributed by atoms with Crippen LogP contribution in [0.3, 0.4) is 0 Å². The van der Waals surface area contributed by atoms with Gasteiger partial charge in [-0.1, -0.05) is 19.8 Å². The van der Waals surface area contributed by atoms with Gasteiger partial charge in [0.2, 0.25) is 5.91 Å². The Bertz CT molecular complexity index is 299. The van der Waals surface area contributed by atoms with E-state index in [1.165, 1.54) is 25.7 Å². The predicted molar refractivity (Wildman–Crippen MR) is 84.6 cm³/mol. The number of carbonyl (C=O) groups excluding carboxylic acids is 1. The molecule has 1 fully saturated rings. The van der Waals surface area contributed by atoms with Crippen molar-refractivity contribution < 1.29 is 4.79 Å². The van der Waals surface area contributed by atoms with Crippen molar-refractivity contribution in [2.45, 2.75) is 83.8 Å². The molecule has 0 saturated carbocycles. The van der Waals surface area contributed by atoms with Crippen molar-refractivity contribution in [2.75, 3.05) is 13.1 Å². The molecule has 2 atom stereocenters. The van der Waals surface area contributed by atoms with Crippen LogP contribution in [0.2, 0.25) is 0 Å². The SMILES string of the molecule is CCC1CCCCCN1C(CN)CC(=O)NC(C)(C)C. The first-order valence-corrected chi connectivity index (χ1v) is 8.14. The first kappa shape index (κ1) is 17.4. The number of nitrogens with zero attached hydrogens (tertiary/aromatic N) is 1. The van der Waals surface area contributed by atoms with Crippen LogP contribution in [0.15, 0.2) is 0 Å². The topological polar surface area (TPSA) is 58.4 Å². The Kier molecular flexibility index (Phi) is 6.96. The van der Waals surface area contributed by atoms with Gasteiger partial charge in [-0.25, -0.2) is 0 Å². The molecule has 0 spiro atoms. The lowest BCUT2D eigenvalue weighted by molar-refractivity contribution is -0.123. The number of rotatable bonds is 5. The minimum absolute atomic E-state index is 0.118. The molecular weight excluding hydrogens is 250 g/mol. The monoisotopic (exact) mass is 283 g/mol. The molecule has 0 bridgehead atoms. The lowest BCUT2D eigenvalue weighted by Crippen LogP contribution is -2.50. The Morgan fingerprint density at radius 2 is 2.05 bits per heavy atom. The molecule has 4 heteroatoms. The first-order valence-electron chi connectivity index (χ1n) is 8.14. The third-order valence-electron chi connectivity index (χ3n) is 4.07. The molecule has 20 heavy (non-hydrogen) atoms.